The fourth-order valence-corrected chi connectivity index (χ4v) is 2.45. The highest BCUT2D eigenvalue weighted by molar-refractivity contribution is 5.57. The van der Waals surface area contributed by atoms with E-state index < -0.39 is 0 Å². The molecule has 0 amide bonds. The average Bonchev–Trinajstić information content (AvgIpc) is 2.93. The van der Waals surface area contributed by atoms with Gasteiger partial charge in [0.15, 0.2) is 0 Å². The third kappa shape index (κ3) is 3.52. The summed E-state index contributed by atoms with van der Waals surface area (Å²) in [6.07, 6.45) is 7.83. The standard InChI is InChI=1S/C17H20N6O/c1-22-8-4-5-13(10-22)11-23-17(18)16(9-19-23)21-20-15-7-3-2-6-14(15)12-24/h2-7,9-10,24H,8,11-12,18H2,1H3. The highest BCUT2D eigenvalue weighted by Crippen LogP contribution is 2.26. The molecule has 0 atom stereocenters. The Morgan fingerprint density at radius 1 is 1.25 bits per heavy atom. The predicted octanol–water partition coefficient (Wildman–Crippen LogP) is 2.76. The van der Waals surface area contributed by atoms with Gasteiger partial charge < -0.3 is 15.7 Å². The summed E-state index contributed by atoms with van der Waals surface area (Å²) >= 11 is 0. The first-order valence-corrected chi connectivity index (χ1v) is 7.66. The van der Waals surface area contributed by atoms with Crippen molar-refractivity contribution in [2.75, 3.05) is 19.3 Å². The van der Waals surface area contributed by atoms with Crippen LogP contribution in [0.25, 0.3) is 0 Å². The summed E-state index contributed by atoms with van der Waals surface area (Å²) in [5, 5.41) is 21.9. The van der Waals surface area contributed by atoms with Gasteiger partial charge >= 0.3 is 0 Å². The molecule has 1 aromatic carbocycles. The third-order valence-electron chi connectivity index (χ3n) is 3.73. The molecular weight excluding hydrogens is 304 g/mol. The molecule has 2 aromatic rings. The van der Waals surface area contributed by atoms with Crippen molar-refractivity contribution in [3.05, 3.63) is 60.0 Å². The smallest absolute Gasteiger partial charge is 0.150 e. The van der Waals surface area contributed by atoms with Crippen LogP contribution in [0.1, 0.15) is 5.56 Å². The summed E-state index contributed by atoms with van der Waals surface area (Å²) in [6, 6.07) is 7.29. The van der Waals surface area contributed by atoms with Gasteiger partial charge in [0.05, 0.1) is 25.0 Å². The molecule has 0 saturated carbocycles. The summed E-state index contributed by atoms with van der Waals surface area (Å²) in [7, 11) is 2.02. The van der Waals surface area contributed by atoms with Crippen molar-refractivity contribution < 1.29 is 5.11 Å². The highest BCUT2D eigenvalue weighted by Gasteiger charge is 2.10. The quantitative estimate of drug-likeness (QED) is 0.827. The molecule has 0 spiro atoms. The molecule has 2 heterocycles. The number of allylic oxidation sites excluding steroid dienone is 2. The number of likely N-dealkylation sites (N-methyl/N-ethyl adjacent to an activating group) is 1. The van der Waals surface area contributed by atoms with E-state index >= 15 is 0 Å². The molecule has 0 saturated heterocycles. The van der Waals surface area contributed by atoms with E-state index in [1.54, 1.807) is 23.0 Å². The van der Waals surface area contributed by atoms with Crippen LogP contribution in [0.2, 0.25) is 0 Å². The lowest BCUT2D eigenvalue weighted by Crippen LogP contribution is -2.16. The highest BCUT2D eigenvalue weighted by atomic mass is 16.3. The molecule has 3 N–H and O–H groups in total. The Balaban J connectivity index is 1.78. The first kappa shape index (κ1) is 15.9. The summed E-state index contributed by atoms with van der Waals surface area (Å²) in [4.78, 5) is 2.10. The largest absolute Gasteiger partial charge is 0.392 e. The number of hydrogen-bond acceptors (Lipinski definition) is 6. The minimum Gasteiger partial charge on any atom is -0.392 e. The number of aliphatic hydroxyl groups is 1. The van der Waals surface area contributed by atoms with Crippen molar-refractivity contribution in [2.45, 2.75) is 13.2 Å². The first-order valence-electron chi connectivity index (χ1n) is 7.66. The van der Waals surface area contributed by atoms with Gasteiger partial charge in [-0.2, -0.15) is 5.10 Å². The molecule has 0 fully saturated rings. The van der Waals surface area contributed by atoms with Crippen molar-refractivity contribution in [1.82, 2.24) is 14.7 Å². The van der Waals surface area contributed by atoms with Crippen LogP contribution in [-0.2, 0) is 13.2 Å². The molecule has 0 radical (unpaired) electrons. The normalized spacial score (nSPS) is 14.4. The lowest BCUT2D eigenvalue weighted by molar-refractivity contribution is 0.282. The van der Waals surface area contributed by atoms with Crippen molar-refractivity contribution in [3.63, 3.8) is 0 Å². The van der Waals surface area contributed by atoms with Gasteiger partial charge in [-0.15, -0.1) is 10.2 Å². The van der Waals surface area contributed by atoms with E-state index in [0.29, 0.717) is 29.3 Å². The Labute approximate surface area is 140 Å². The van der Waals surface area contributed by atoms with Crippen molar-refractivity contribution >= 4 is 17.2 Å². The fourth-order valence-electron chi connectivity index (χ4n) is 2.45. The summed E-state index contributed by atoms with van der Waals surface area (Å²) in [5.74, 6) is 0.461. The second-order valence-corrected chi connectivity index (χ2v) is 5.61. The Morgan fingerprint density at radius 2 is 2.04 bits per heavy atom. The SMILES string of the molecule is CN1C=C(Cn2ncc(N=Nc3ccccc3CO)c2N)C=CC1. The number of aliphatic hydroxyl groups excluding tert-OH is 1. The van der Waals surface area contributed by atoms with Gasteiger partial charge in [-0.3, -0.25) is 0 Å². The lowest BCUT2D eigenvalue weighted by atomic mass is 10.2. The third-order valence-corrected chi connectivity index (χ3v) is 3.73. The van der Waals surface area contributed by atoms with Crippen LogP contribution in [0.4, 0.5) is 17.2 Å². The zero-order valence-corrected chi connectivity index (χ0v) is 13.5. The van der Waals surface area contributed by atoms with Crippen LogP contribution >= 0.6 is 0 Å². The second kappa shape index (κ2) is 7.10. The van der Waals surface area contributed by atoms with Gasteiger partial charge in [0.1, 0.15) is 11.5 Å². The van der Waals surface area contributed by atoms with Gasteiger partial charge in [-0.05, 0) is 11.6 Å². The predicted molar refractivity (Wildman–Crippen MR) is 93.0 cm³/mol. The van der Waals surface area contributed by atoms with Gasteiger partial charge in [-0.25, -0.2) is 4.68 Å². The van der Waals surface area contributed by atoms with Crippen LogP contribution in [-0.4, -0.2) is 33.4 Å². The number of anilines is 1. The topological polar surface area (TPSA) is 92.0 Å². The van der Waals surface area contributed by atoms with Gasteiger partial charge in [0.25, 0.3) is 0 Å². The van der Waals surface area contributed by atoms with Crippen LogP contribution in [0.5, 0.6) is 0 Å². The molecule has 0 aliphatic carbocycles. The number of rotatable bonds is 5. The van der Waals surface area contributed by atoms with E-state index in [1.165, 1.54) is 0 Å². The first-order chi connectivity index (χ1) is 11.7. The average molecular weight is 324 g/mol. The lowest BCUT2D eigenvalue weighted by Gasteiger charge is -2.18. The van der Waals surface area contributed by atoms with E-state index in [4.69, 9.17) is 5.73 Å². The molecule has 7 heteroatoms. The number of hydrogen-bond donors (Lipinski definition) is 2. The van der Waals surface area contributed by atoms with Crippen molar-refractivity contribution in [1.29, 1.82) is 0 Å². The van der Waals surface area contributed by atoms with Gasteiger partial charge in [0, 0.05) is 25.4 Å². The maximum Gasteiger partial charge on any atom is 0.150 e. The van der Waals surface area contributed by atoms with Crippen molar-refractivity contribution in [3.8, 4) is 0 Å². The number of benzene rings is 1. The van der Waals surface area contributed by atoms with Crippen LogP contribution in [0.3, 0.4) is 0 Å². The Kier molecular flexibility index (Phi) is 4.72. The number of azo groups is 1. The van der Waals surface area contributed by atoms with E-state index in [1.807, 2.05) is 19.2 Å². The molecule has 124 valence electrons. The molecular formula is C17H20N6O. The van der Waals surface area contributed by atoms with Gasteiger partial charge in [-0.1, -0.05) is 30.4 Å². The monoisotopic (exact) mass is 324 g/mol. The van der Waals surface area contributed by atoms with Crippen LogP contribution in [0.15, 0.2) is 64.6 Å². The minimum absolute atomic E-state index is 0.0854. The molecule has 0 unspecified atom stereocenters. The number of nitrogens with two attached hydrogens (primary N) is 1. The van der Waals surface area contributed by atoms with Crippen LogP contribution < -0.4 is 5.73 Å². The Morgan fingerprint density at radius 3 is 2.83 bits per heavy atom. The van der Waals surface area contributed by atoms with Crippen LogP contribution in [0, 0.1) is 0 Å². The molecule has 1 aliphatic rings. The molecule has 7 nitrogen and oxygen atoms in total. The Bertz CT molecular complexity index is 805. The van der Waals surface area contributed by atoms with E-state index in [0.717, 1.165) is 12.1 Å². The molecule has 0 bridgehead atoms. The fraction of sp³-hybridized carbons (Fsp3) is 0.235. The van der Waals surface area contributed by atoms with E-state index in [-0.39, 0.29) is 6.61 Å². The summed E-state index contributed by atoms with van der Waals surface area (Å²) in [5.41, 5.74) is 9.08. The minimum atomic E-state index is -0.0854. The Hall–Kier alpha value is -2.93. The second-order valence-electron chi connectivity index (χ2n) is 5.61. The maximum atomic E-state index is 9.32. The maximum absolute atomic E-state index is 9.32. The zero-order chi connectivity index (χ0) is 16.9. The zero-order valence-electron chi connectivity index (χ0n) is 13.5. The molecule has 24 heavy (non-hydrogen) atoms. The molecule has 1 aliphatic heterocycles. The number of nitrogens with zero attached hydrogens (tertiary/aromatic N) is 5. The summed E-state index contributed by atoms with van der Waals surface area (Å²) < 4.78 is 1.70. The molecule has 3 rings (SSSR count). The number of aromatic nitrogens is 2. The van der Waals surface area contributed by atoms with E-state index in [2.05, 4.69) is 38.6 Å². The summed E-state index contributed by atoms with van der Waals surface area (Å²) in [6.45, 7) is 1.40. The van der Waals surface area contributed by atoms with Gasteiger partial charge in [0.2, 0.25) is 0 Å². The number of nitrogen functional groups attached to an aromatic ring is 1. The van der Waals surface area contributed by atoms with E-state index in [9.17, 15) is 5.11 Å². The molecule has 1 aromatic heterocycles. The van der Waals surface area contributed by atoms with Crippen molar-refractivity contribution in [2.24, 2.45) is 10.2 Å².